The minimum absolute atomic E-state index is 0.000238. The third-order valence-electron chi connectivity index (χ3n) is 3.03. The van der Waals surface area contributed by atoms with Gasteiger partial charge in [0.1, 0.15) is 0 Å². The fraction of sp³-hybridized carbons (Fsp3) is 0.133. The molecular formula is C15H12ClFO4S. The van der Waals surface area contributed by atoms with Crippen molar-refractivity contribution in [2.75, 3.05) is 13.4 Å². The summed E-state index contributed by atoms with van der Waals surface area (Å²) in [5.74, 6) is -1.41. The average molecular weight is 343 g/mol. The first-order chi connectivity index (χ1) is 10.3. The van der Waals surface area contributed by atoms with Gasteiger partial charge in [0.05, 0.1) is 22.6 Å². The number of ether oxygens (including phenoxy) is 1. The van der Waals surface area contributed by atoms with Gasteiger partial charge in [0.2, 0.25) is 0 Å². The monoisotopic (exact) mass is 342 g/mol. The van der Waals surface area contributed by atoms with Crippen molar-refractivity contribution in [3.05, 3.63) is 58.4 Å². The Balaban J connectivity index is 2.54. The van der Waals surface area contributed by atoms with E-state index in [1.54, 1.807) is 0 Å². The number of methoxy groups -OCH3 is 1. The molecule has 0 amide bonds. The summed E-state index contributed by atoms with van der Waals surface area (Å²) in [6, 6.07) is 7.72. The number of benzene rings is 2. The average Bonchev–Trinajstić information content (AvgIpc) is 2.45. The molecule has 0 atom stereocenters. The summed E-state index contributed by atoms with van der Waals surface area (Å²) >= 11 is 6.00. The van der Waals surface area contributed by atoms with Gasteiger partial charge in [-0.3, -0.25) is 4.79 Å². The molecule has 0 saturated carbocycles. The van der Waals surface area contributed by atoms with Gasteiger partial charge in [0.25, 0.3) is 0 Å². The normalized spacial score (nSPS) is 11.3. The lowest BCUT2D eigenvalue weighted by molar-refractivity contribution is 0.103. The Hall–Kier alpha value is -1.92. The van der Waals surface area contributed by atoms with Crippen LogP contribution >= 0.6 is 11.6 Å². The Morgan fingerprint density at radius 3 is 2.41 bits per heavy atom. The number of ketones is 1. The summed E-state index contributed by atoms with van der Waals surface area (Å²) < 4.78 is 41.5. The topological polar surface area (TPSA) is 60.4 Å². The van der Waals surface area contributed by atoms with Crippen LogP contribution in [0.15, 0.2) is 41.3 Å². The van der Waals surface area contributed by atoms with Crippen LogP contribution in [-0.4, -0.2) is 27.6 Å². The van der Waals surface area contributed by atoms with Gasteiger partial charge >= 0.3 is 0 Å². The fourth-order valence-electron chi connectivity index (χ4n) is 1.95. The standard InChI is InChI=1S/C15H12ClFO4S/c1-21-15-11(4-3-5-13(15)17)14(18)10-7-6-9(8-12(10)16)22(2,19)20/h3-8H,1-2H3. The van der Waals surface area contributed by atoms with Gasteiger partial charge in [-0.15, -0.1) is 0 Å². The maximum absolute atomic E-state index is 13.7. The SMILES string of the molecule is COc1c(F)cccc1C(=O)c1ccc(S(C)(=O)=O)cc1Cl. The van der Waals surface area contributed by atoms with Crippen LogP contribution < -0.4 is 4.74 Å². The van der Waals surface area contributed by atoms with E-state index in [-0.39, 0.29) is 26.8 Å². The number of halogens is 2. The highest BCUT2D eigenvalue weighted by Gasteiger charge is 2.21. The zero-order valence-electron chi connectivity index (χ0n) is 11.8. The van der Waals surface area contributed by atoms with Crippen molar-refractivity contribution in [1.82, 2.24) is 0 Å². The van der Waals surface area contributed by atoms with E-state index < -0.39 is 21.4 Å². The van der Waals surface area contributed by atoms with Gasteiger partial charge in [-0.2, -0.15) is 0 Å². The molecule has 2 aromatic carbocycles. The molecule has 0 saturated heterocycles. The van der Waals surface area contributed by atoms with Crippen LogP contribution in [0.3, 0.4) is 0 Å². The molecule has 0 aliphatic carbocycles. The number of carbonyl (C=O) groups is 1. The Labute approximate surface area is 132 Å². The molecule has 0 aliphatic rings. The van der Waals surface area contributed by atoms with E-state index in [0.29, 0.717) is 0 Å². The molecule has 7 heteroatoms. The number of sulfone groups is 1. The summed E-state index contributed by atoms with van der Waals surface area (Å²) in [5, 5.41) is -0.0285. The van der Waals surface area contributed by atoms with Gasteiger partial charge < -0.3 is 4.74 Å². The maximum atomic E-state index is 13.7. The first-order valence-corrected chi connectivity index (χ1v) is 8.39. The van der Waals surface area contributed by atoms with Crippen LogP contribution in [0.4, 0.5) is 4.39 Å². The third kappa shape index (κ3) is 3.13. The molecule has 0 fully saturated rings. The Kier molecular flexibility index (Phi) is 4.53. The lowest BCUT2D eigenvalue weighted by Crippen LogP contribution is -2.07. The molecule has 0 radical (unpaired) electrons. The first-order valence-electron chi connectivity index (χ1n) is 6.12. The zero-order chi connectivity index (χ0) is 16.5. The second-order valence-electron chi connectivity index (χ2n) is 4.56. The molecule has 0 spiro atoms. The van der Waals surface area contributed by atoms with E-state index in [0.717, 1.165) is 6.26 Å². The van der Waals surface area contributed by atoms with Gasteiger partial charge in [0, 0.05) is 11.8 Å². The predicted molar refractivity (Wildman–Crippen MR) is 80.9 cm³/mol. The smallest absolute Gasteiger partial charge is 0.198 e. The van der Waals surface area contributed by atoms with Gasteiger partial charge in [-0.25, -0.2) is 12.8 Å². The first kappa shape index (κ1) is 16.5. The highest BCUT2D eigenvalue weighted by Crippen LogP contribution is 2.28. The number of hydrogen-bond acceptors (Lipinski definition) is 4. The van der Waals surface area contributed by atoms with Crippen LogP contribution in [0.25, 0.3) is 0 Å². The van der Waals surface area contributed by atoms with Crippen molar-refractivity contribution in [3.63, 3.8) is 0 Å². The number of hydrogen-bond donors (Lipinski definition) is 0. The quantitative estimate of drug-likeness (QED) is 0.801. The summed E-state index contributed by atoms with van der Waals surface area (Å²) in [5.41, 5.74) is 0.0782. The zero-order valence-corrected chi connectivity index (χ0v) is 13.3. The van der Waals surface area contributed by atoms with E-state index in [1.807, 2.05) is 0 Å². The maximum Gasteiger partial charge on any atom is 0.198 e. The summed E-state index contributed by atoms with van der Waals surface area (Å²) in [6.07, 6.45) is 1.04. The van der Waals surface area contributed by atoms with Crippen LogP contribution in [0.1, 0.15) is 15.9 Å². The number of carbonyl (C=O) groups excluding carboxylic acids is 1. The van der Waals surface area contributed by atoms with Crippen LogP contribution in [0.2, 0.25) is 5.02 Å². The number of rotatable bonds is 4. The van der Waals surface area contributed by atoms with Gasteiger partial charge in [0.15, 0.2) is 27.2 Å². The molecule has 4 nitrogen and oxygen atoms in total. The Morgan fingerprint density at radius 2 is 1.86 bits per heavy atom. The van der Waals surface area contributed by atoms with E-state index in [4.69, 9.17) is 16.3 Å². The molecule has 0 heterocycles. The van der Waals surface area contributed by atoms with E-state index >= 15 is 0 Å². The second kappa shape index (κ2) is 6.06. The summed E-state index contributed by atoms with van der Waals surface area (Å²) in [4.78, 5) is 12.5. The molecule has 2 rings (SSSR count). The molecule has 22 heavy (non-hydrogen) atoms. The molecule has 116 valence electrons. The van der Waals surface area contributed by atoms with Crippen molar-refractivity contribution in [2.45, 2.75) is 4.90 Å². The minimum Gasteiger partial charge on any atom is -0.493 e. The van der Waals surface area contributed by atoms with Crippen molar-refractivity contribution < 1.29 is 22.3 Å². The largest absolute Gasteiger partial charge is 0.493 e. The second-order valence-corrected chi connectivity index (χ2v) is 6.99. The van der Waals surface area contributed by atoms with Crippen molar-refractivity contribution in [3.8, 4) is 5.75 Å². The molecule has 0 unspecified atom stereocenters. The van der Waals surface area contributed by atoms with Crippen molar-refractivity contribution >= 4 is 27.2 Å². The van der Waals surface area contributed by atoms with Gasteiger partial charge in [-0.05, 0) is 30.3 Å². The Morgan fingerprint density at radius 1 is 1.18 bits per heavy atom. The molecule has 0 aromatic heterocycles. The molecule has 0 bridgehead atoms. The highest BCUT2D eigenvalue weighted by molar-refractivity contribution is 7.90. The Bertz CT molecular complexity index is 847. The van der Waals surface area contributed by atoms with Gasteiger partial charge in [-0.1, -0.05) is 17.7 Å². The van der Waals surface area contributed by atoms with E-state index in [2.05, 4.69) is 0 Å². The third-order valence-corrected chi connectivity index (χ3v) is 4.45. The van der Waals surface area contributed by atoms with E-state index in [1.165, 1.54) is 43.5 Å². The predicted octanol–water partition coefficient (Wildman–Crippen LogP) is 3.12. The minimum atomic E-state index is -3.43. The molecule has 2 aromatic rings. The highest BCUT2D eigenvalue weighted by atomic mass is 35.5. The lowest BCUT2D eigenvalue weighted by Gasteiger charge is -2.10. The lowest BCUT2D eigenvalue weighted by atomic mass is 10.0. The fourth-order valence-corrected chi connectivity index (χ4v) is 2.93. The molecular weight excluding hydrogens is 331 g/mol. The number of para-hydroxylation sites is 1. The summed E-state index contributed by atoms with van der Waals surface area (Å²) in [6.45, 7) is 0. The van der Waals surface area contributed by atoms with Crippen LogP contribution in [-0.2, 0) is 9.84 Å². The van der Waals surface area contributed by atoms with Crippen molar-refractivity contribution in [2.24, 2.45) is 0 Å². The molecule has 0 N–H and O–H groups in total. The summed E-state index contributed by atoms with van der Waals surface area (Å²) in [7, 11) is -2.18. The van der Waals surface area contributed by atoms with E-state index in [9.17, 15) is 17.6 Å². The molecule has 0 aliphatic heterocycles. The van der Waals surface area contributed by atoms with Crippen LogP contribution in [0.5, 0.6) is 5.75 Å². The van der Waals surface area contributed by atoms with Crippen LogP contribution in [0, 0.1) is 5.82 Å². The van der Waals surface area contributed by atoms with Crippen molar-refractivity contribution in [1.29, 1.82) is 0 Å².